The summed E-state index contributed by atoms with van der Waals surface area (Å²) in [5, 5.41) is 2.73. The second-order valence-corrected chi connectivity index (χ2v) is 1.44. The summed E-state index contributed by atoms with van der Waals surface area (Å²) in [4.78, 5) is 10.4. The summed E-state index contributed by atoms with van der Waals surface area (Å²) in [5.41, 5.74) is 0. The Kier molecular flexibility index (Phi) is 3.94. The van der Waals surface area contributed by atoms with Gasteiger partial charge in [0.05, 0.1) is 0 Å². The van der Waals surface area contributed by atoms with Crippen molar-refractivity contribution in [3.05, 3.63) is 12.3 Å². The molecule has 0 saturated carbocycles. The maximum atomic E-state index is 10.4. The molecule has 1 N–H and O–H groups in total. The van der Waals surface area contributed by atoms with E-state index >= 15 is 0 Å². The Morgan fingerprint density at radius 1 is 1.75 bits per heavy atom. The number of rotatable bonds is 3. The smallest absolute Gasteiger partial charge is 0.156 e. The molecular weight excluding hydrogens is 102 g/mol. The van der Waals surface area contributed by atoms with Gasteiger partial charge in [0.1, 0.15) is 0 Å². The molecule has 0 saturated heterocycles. The second-order valence-electron chi connectivity index (χ2n) is 1.44. The van der Waals surface area contributed by atoms with Gasteiger partial charge < -0.3 is 5.32 Å². The van der Waals surface area contributed by atoms with Gasteiger partial charge in [0.25, 0.3) is 0 Å². The molecule has 0 unspecified atom stereocenters. The molecule has 0 rings (SSSR count). The van der Waals surface area contributed by atoms with Crippen LogP contribution in [0.3, 0.4) is 0 Å². The van der Waals surface area contributed by atoms with Crippen LogP contribution >= 0.6 is 0 Å². The largest absolute Gasteiger partial charge is 0.394 e. The van der Waals surface area contributed by atoms with E-state index in [0.717, 1.165) is 0 Å². The van der Waals surface area contributed by atoms with Crippen molar-refractivity contribution >= 4 is 5.78 Å². The van der Waals surface area contributed by atoms with Gasteiger partial charge in [-0.1, -0.05) is 6.92 Å². The molecule has 0 aromatic rings. The second kappa shape index (κ2) is 4.37. The van der Waals surface area contributed by atoms with Crippen LogP contribution in [0.15, 0.2) is 12.3 Å². The number of hydrogen-bond donors (Lipinski definition) is 1. The van der Waals surface area contributed by atoms with Crippen molar-refractivity contribution in [1.29, 1.82) is 0 Å². The van der Waals surface area contributed by atoms with Gasteiger partial charge >= 0.3 is 0 Å². The first-order chi connectivity index (χ1) is 3.81. The predicted octanol–water partition coefficient (Wildman–Crippen LogP) is 0.699. The maximum Gasteiger partial charge on any atom is 0.156 e. The zero-order valence-electron chi connectivity index (χ0n) is 5.27. The van der Waals surface area contributed by atoms with Crippen LogP contribution in [0.1, 0.15) is 13.3 Å². The lowest BCUT2D eigenvalue weighted by Crippen LogP contribution is -1.95. The average Bonchev–Trinajstić information content (AvgIpc) is 1.83. The Morgan fingerprint density at radius 3 is 2.75 bits per heavy atom. The minimum absolute atomic E-state index is 0.152. The number of carbonyl (C=O) groups excluding carboxylic acids is 1. The molecule has 2 heteroatoms. The van der Waals surface area contributed by atoms with E-state index in [1.165, 1.54) is 6.08 Å². The fraction of sp³-hybridized carbons (Fsp3) is 0.500. The molecule has 0 heterocycles. The Morgan fingerprint density at radius 2 is 2.38 bits per heavy atom. The fourth-order valence-electron chi connectivity index (χ4n) is 0.294. The minimum atomic E-state index is 0.152. The molecule has 0 fully saturated rings. The fourth-order valence-corrected chi connectivity index (χ4v) is 0.294. The van der Waals surface area contributed by atoms with Crippen LogP contribution in [0.25, 0.3) is 0 Å². The van der Waals surface area contributed by atoms with Crippen molar-refractivity contribution in [2.75, 3.05) is 7.05 Å². The molecule has 0 atom stereocenters. The Labute approximate surface area is 49.6 Å². The number of nitrogens with one attached hydrogen (secondary N) is 1. The lowest BCUT2D eigenvalue weighted by atomic mass is 10.3. The molecule has 0 bridgehead atoms. The lowest BCUT2D eigenvalue weighted by Gasteiger charge is -1.83. The van der Waals surface area contributed by atoms with Crippen LogP contribution in [0.2, 0.25) is 0 Å². The number of carbonyl (C=O) groups is 1. The van der Waals surface area contributed by atoms with Gasteiger partial charge in [-0.25, -0.2) is 0 Å². The molecule has 46 valence electrons. The number of hydrogen-bond acceptors (Lipinski definition) is 2. The van der Waals surface area contributed by atoms with E-state index in [1.807, 2.05) is 6.92 Å². The topological polar surface area (TPSA) is 29.1 Å². The van der Waals surface area contributed by atoms with E-state index in [9.17, 15) is 4.79 Å². The molecule has 0 radical (unpaired) electrons. The lowest BCUT2D eigenvalue weighted by molar-refractivity contribution is -0.114. The first-order valence-electron chi connectivity index (χ1n) is 2.68. The summed E-state index contributed by atoms with van der Waals surface area (Å²) in [6.45, 7) is 1.84. The highest BCUT2D eigenvalue weighted by Gasteiger charge is 1.85. The van der Waals surface area contributed by atoms with Crippen LogP contribution < -0.4 is 5.32 Å². The Hall–Kier alpha value is -0.790. The third-order valence-corrected chi connectivity index (χ3v) is 0.784. The van der Waals surface area contributed by atoms with Crippen molar-refractivity contribution in [3.8, 4) is 0 Å². The van der Waals surface area contributed by atoms with Crippen molar-refractivity contribution in [2.24, 2.45) is 0 Å². The van der Waals surface area contributed by atoms with E-state index < -0.39 is 0 Å². The van der Waals surface area contributed by atoms with Gasteiger partial charge in [0.15, 0.2) is 5.78 Å². The summed E-state index contributed by atoms with van der Waals surface area (Å²) >= 11 is 0. The van der Waals surface area contributed by atoms with E-state index in [0.29, 0.717) is 6.42 Å². The summed E-state index contributed by atoms with van der Waals surface area (Å²) in [7, 11) is 1.76. The summed E-state index contributed by atoms with van der Waals surface area (Å²) in [6, 6.07) is 0. The minimum Gasteiger partial charge on any atom is -0.394 e. The molecule has 0 aliphatic rings. The highest BCUT2D eigenvalue weighted by atomic mass is 16.1. The van der Waals surface area contributed by atoms with Gasteiger partial charge in [-0.2, -0.15) is 0 Å². The molecule has 0 aromatic carbocycles. The van der Waals surface area contributed by atoms with Crippen LogP contribution in [-0.4, -0.2) is 12.8 Å². The van der Waals surface area contributed by atoms with E-state index in [1.54, 1.807) is 13.2 Å². The zero-order chi connectivity index (χ0) is 6.41. The molecule has 8 heavy (non-hydrogen) atoms. The molecule has 0 aromatic heterocycles. The van der Waals surface area contributed by atoms with Gasteiger partial charge in [0.2, 0.25) is 0 Å². The SMILES string of the molecule is CCC(=O)/C=C\NC. The van der Waals surface area contributed by atoms with Crippen molar-refractivity contribution in [2.45, 2.75) is 13.3 Å². The summed E-state index contributed by atoms with van der Waals surface area (Å²) in [6.07, 6.45) is 3.74. The number of ketones is 1. The Balaban J connectivity index is 3.37. The quantitative estimate of drug-likeness (QED) is 0.546. The van der Waals surface area contributed by atoms with E-state index in [-0.39, 0.29) is 5.78 Å². The standard InChI is InChI=1S/C6H11NO/c1-3-6(8)4-5-7-2/h4-5,7H,3H2,1-2H3/b5-4-. The van der Waals surface area contributed by atoms with Gasteiger partial charge in [-0.15, -0.1) is 0 Å². The molecule has 0 aliphatic carbocycles. The highest BCUT2D eigenvalue weighted by molar-refractivity contribution is 5.89. The van der Waals surface area contributed by atoms with Gasteiger partial charge in [-0.05, 0) is 12.3 Å². The molecule has 0 spiro atoms. The predicted molar refractivity (Wildman–Crippen MR) is 33.5 cm³/mol. The van der Waals surface area contributed by atoms with Crippen molar-refractivity contribution < 1.29 is 4.79 Å². The average molecular weight is 113 g/mol. The van der Waals surface area contributed by atoms with Crippen LogP contribution in [-0.2, 0) is 4.79 Å². The molecule has 0 amide bonds. The normalized spacial score (nSPS) is 9.75. The maximum absolute atomic E-state index is 10.4. The number of allylic oxidation sites excluding steroid dienone is 1. The van der Waals surface area contributed by atoms with Gasteiger partial charge in [-0.3, -0.25) is 4.79 Å². The van der Waals surface area contributed by atoms with Crippen molar-refractivity contribution in [1.82, 2.24) is 5.32 Å². The first kappa shape index (κ1) is 7.21. The van der Waals surface area contributed by atoms with E-state index in [2.05, 4.69) is 5.32 Å². The highest BCUT2D eigenvalue weighted by Crippen LogP contribution is 1.79. The van der Waals surface area contributed by atoms with Crippen LogP contribution in [0, 0.1) is 0 Å². The zero-order valence-corrected chi connectivity index (χ0v) is 5.27. The monoisotopic (exact) mass is 113 g/mol. The molecule has 0 aliphatic heterocycles. The Bertz CT molecular complexity index is 96.7. The third-order valence-electron chi connectivity index (χ3n) is 0.784. The summed E-state index contributed by atoms with van der Waals surface area (Å²) in [5.74, 6) is 0.152. The van der Waals surface area contributed by atoms with E-state index in [4.69, 9.17) is 0 Å². The summed E-state index contributed by atoms with van der Waals surface area (Å²) < 4.78 is 0. The molecular formula is C6H11NO. The first-order valence-corrected chi connectivity index (χ1v) is 2.68. The third kappa shape index (κ3) is 3.40. The van der Waals surface area contributed by atoms with Crippen molar-refractivity contribution in [3.63, 3.8) is 0 Å². The van der Waals surface area contributed by atoms with Crippen LogP contribution in [0.5, 0.6) is 0 Å². The van der Waals surface area contributed by atoms with Crippen LogP contribution in [0.4, 0.5) is 0 Å². The molecule has 2 nitrogen and oxygen atoms in total. The van der Waals surface area contributed by atoms with Gasteiger partial charge in [0, 0.05) is 13.5 Å².